The van der Waals surface area contributed by atoms with Gasteiger partial charge in [0, 0.05) is 5.69 Å². The second kappa shape index (κ2) is 7.63. The molecule has 1 aliphatic carbocycles. The van der Waals surface area contributed by atoms with Crippen LogP contribution in [0.25, 0.3) is 0 Å². The van der Waals surface area contributed by atoms with Gasteiger partial charge in [0.1, 0.15) is 0 Å². The predicted octanol–water partition coefficient (Wildman–Crippen LogP) is 3.47. The van der Waals surface area contributed by atoms with Crippen LogP contribution in [0.1, 0.15) is 36.8 Å². The molecule has 2 aromatic rings. The van der Waals surface area contributed by atoms with Crippen LogP contribution in [0.3, 0.4) is 0 Å². The van der Waals surface area contributed by atoms with Crippen LogP contribution < -0.4 is 4.72 Å². The molecule has 4 rings (SSSR count). The van der Waals surface area contributed by atoms with Gasteiger partial charge in [-0.3, -0.25) is 19.2 Å². The van der Waals surface area contributed by atoms with Crippen molar-refractivity contribution < 1.29 is 18.0 Å². The first kappa shape index (κ1) is 19.6. The molecule has 2 fully saturated rings. The molecule has 2 unspecified atom stereocenters. The van der Waals surface area contributed by atoms with Gasteiger partial charge in [-0.1, -0.05) is 43.2 Å². The van der Waals surface area contributed by atoms with Crippen molar-refractivity contribution in [2.24, 2.45) is 11.8 Å². The number of rotatable bonds is 5. The van der Waals surface area contributed by atoms with Crippen LogP contribution in [-0.4, -0.2) is 25.1 Å². The van der Waals surface area contributed by atoms with Gasteiger partial charge in [0.2, 0.25) is 11.8 Å². The molecule has 152 valence electrons. The number of hydrogen-bond acceptors (Lipinski definition) is 4. The van der Waals surface area contributed by atoms with Crippen molar-refractivity contribution in [1.82, 2.24) is 4.90 Å². The number of benzene rings is 2. The van der Waals surface area contributed by atoms with Crippen molar-refractivity contribution in [3.05, 3.63) is 59.7 Å². The molecule has 2 atom stereocenters. The molecular weight excluding hydrogens is 388 g/mol. The van der Waals surface area contributed by atoms with E-state index in [2.05, 4.69) is 4.72 Å². The molecule has 0 radical (unpaired) electrons. The summed E-state index contributed by atoms with van der Waals surface area (Å²) in [6.07, 6.45) is 3.48. The highest BCUT2D eigenvalue weighted by Crippen LogP contribution is 2.38. The minimum Gasteiger partial charge on any atom is -0.280 e. The molecule has 6 nitrogen and oxygen atoms in total. The summed E-state index contributed by atoms with van der Waals surface area (Å²) in [5.74, 6) is -0.645. The van der Waals surface area contributed by atoms with Gasteiger partial charge in [0.05, 0.1) is 23.3 Å². The normalized spacial score (nSPS) is 21.9. The third kappa shape index (κ3) is 3.79. The highest BCUT2D eigenvalue weighted by molar-refractivity contribution is 7.92. The highest BCUT2D eigenvalue weighted by atomic mass is 32.2. The van der Waals surface area contributed by atoms with Gasteiger partial charge in [-0.2, -0.15) is 0 Å². The fraction of sp³-hybridized carbons (Fsp3) is 0.364. The highest BCUT2D eigenvalue weighted by Gasteiger charge is 2.47. The second-order valence-electron chi connectivity index (χ2n) is 7.83. The number of carbonyl (C=O) groups excluding carboxylic acids is 2. The SMILES string of the molecule is Cc1ccc(CN2C(=O)C3CCCCC3C2=O)cc1S(=O)(=O)Nc1ccccc1. The summed E-state index contributed by atoms with van der Waals surface area (Å²) >= 11 is 0. The summed E-state index contributed by atoms with van der Waals surface area (Å²) in [6.45, 7) is 1.84. The van der Waals surface area contributed by atoms with Gasteiger partial charge in [0.15, 0.2) is 0 Å². The average molecular weight is 413 g/mol. The molecule has 2 aliphatic rings. The van der Waals surface area contributed by atoms with E-state index in [-0.39, 0.29) is 35.1 Å². The number of fused-ring (bicyclic) bond motifs is 1. The monoisotopic (exact) mass is 412 g/mol. The number of nitrogens with zero attached hydrogens (tertiary/aromatic N) is 1. The summed E-state index contributed by atoms with van der Waals surface area (Å²) in [7, 11) is -3.79. The number of aryl methyl sites for hydroxylation is 1. The van der Waals surface area contributed by atoms with Crippen LogP contribution in [-0.2, 0) is 26.2 Å². The zero-order valence-corrected chi connectivity index (χ0v) is 17.1. The molecule has 2 amide bonds. The number of imide groups is 1. The Kier molecular flexibility index (Phi) is 5.17. The molecule has 0 bridgehead atoms. The Bertz CT molecular complexity index is 1030. The van der Waals surface area contributed by atoms with E-state index in [0.717, 1.165) is 25.7 Å². The maximum absolute atomic E-state index is 12.9. The molecular formula is C22H24N2O4S. The number of carbonyl (C=O) groups is 2. The van der Waals surface area contributed by atoms with E-state index < -0.39 is 10.0 Å². The molecule has 7 heteroatoms. The lowest BCUT2D eigenvalue weighted by atomic mass is 9.81. The Morgan fingerprint density at radius 3 is 2.21 bits per heavy atom. The molecule has 1 saturated heterocycles. The first-order valence-corrected chi connectivity index (χ1v) is 11.4. The molecule has 1 heterocycles. The average Bonchev–Trinajstić information content (AvgIpc) is 2.95. The van der Waals surface area contributed by atoms with Crippen molar-refractivity contribution >= 4 is 27.5 Å². The Morgan fingerprint density at radius 1 is 0.966 bits per heavy atom. The van der Waals surface area contributed by atoms with Gasteiger partial charge in [-0.15, -0.1) is 0 Å². The van der Waals surface area contributed by atoms with E-state index in [1.807, 2.05) is 6.07 Å². The fourth-order valence-electron chi connectivity index (χ4n) is 4.32. The smallest absolute Gasteiger partial charge is 0.262 e. The van der Waals surface area contributed by atoms with Gasteiger partial charge in [-0.05, 0) is 49.1 Å². The zero-order valence-electron chi connectivity index (χ0n) is 16.3. The first-order chi connectivity index (χ1) is 13.9. The van der Waals surface area contributed by atoms with Crippen LogP contribution >= 0.6 is 0 Å². The van der Waals surface area contributed by atoms with Crippen LogP contribution in [0, 0.1) is 18.8 Å². The van der Waals surface area contributed by atoms with E-state index in [4.69, 9.17) is 0 Å². The molecule has 1 N–H and O–H groups in total. The molecule has 1 aliphatic heterocycles. The summed E-state index contributed by atoms with van der Waals surface area (Å²) in [5, 5.41) is 0. The molecule has 29 heavy (non-hydrogen) atoms. The summed E-state index contributed by atoms with van der Waals surface area (Å²) in [5.41, 5.74) is 1.71. The molecule has 0 aromatic heterocycles. The lowest BCUT2D eigenvalue weighted by molar-refractivity contribution is -0.140. The van der Waals surface area contributed by atoms with Crippen molar-refractivity contribution in [3.8, 4) is 0 Å². The summed E-state index contributed by atoms with van der Waals surface area (Å²) < 4.78 is 28.4. The number of sulfonamides is 1. The van der Waals surface area contributed by atoms with Gasteiger partial charge in [-0.25, -0.2) is 8.42 Å². The number of anilines is 1. The van der Waals surface area contributed by atoms with Crippen LogP contribution in [0.15, 0.2) is 53.4 Å². The number of amides is 2. The Morgan fingerprint density at radius 2 is 1.59 bits per heavy atom. The summed E-state index contributed by atoms with van der Waals surface area (Å²) in [4.78, 5) is 26.9. The Balaban J connectivity index is 1.59. The van der Waals surface area contributed by atoms with E-state index in [0.29, 0.717) is 16.8 Å². The van der Waals surface area contributed by atoms with Crippen molar-refractivity contribution in [2.45, 2.75) is 44.0 Å². The minimum absolute atomic E-state index is 0.110. The maximum Gasteiger partial charge on any atom is 0.262 e. The largest absolute Gasteiger partial charge is 0.280 e. The quantitative estimate of drug-likeness (QED) is 0.762. The van der Waals surface area contributed by atoms with Gasteiger partial charge < -0.3 is 0 Å². The van der Waals surface area contributed by atoms with Crippen molar-refractivity contribution in [3.63, 3.8) is 0 Å². The number of likely N-dealkylation sites (tertiary alicyclic amines) is 1. The molecule has 0 spiro atoms. The second-order valence-corrected chi connectivity index (χ2v) is 9.48. The first-order valence-electron chi connectivity index (χ1n) is 9.89. The van der Waals surface area contributed by atoms with Crippen LogP contribution in [0.4, 0.5) is 5.69 Å². The minimum atomic E-state index is -3.79. The molecule has 2 aromatic carbocycles. The van der Waals surface area contributed by atoms with E-state index in [1.165, 1.54) is 4.90 Å². The van der Waals surface area contributed by atoms with Crippen molar-refractivity contribution in [2.75, 3.05) is 4.72 Å². The van der Waals surface area contributed by atoms with E-state index >= 15 is 0 Å². The topological polar surface area (TPSA) is 83.6 Å². The third-order valence-corrected chi connectivity index (χ3v) is 7.36. The number of hydrogen-bond donors (Lipinski definition) is 1. The van der Waals surface area contributed by atoms with Crippen LogP contribution in [0.2, 0.25) is 0 Å². The van der Waals surface area contributed by atoms with Crippen LogP contribution in [0.5, 0.6) is 0 Å². The fourth-order valence-corrected chi connectivity index (χ4v) is 5.67. The number of nitrogens with one attached hydrogen (secondary N) is 1. The molecule has 1 saturated carbocycles. The number of para-hydroxylation sites is 1. The lowest BCUT2D eigenvalue weighted by Crippen LogP contribution is -2.30. The van der Waals surface area contributed by atoms with E-state index in [9.17, 15) is 18.0 Å². The van der Waals surface area contributed by atoms with E-state index in [1.54, 1.807) is 49.4 Å². The maximum atomic E-state index is 12.9. The summed E-state index contributed by atoms with van der Waals surface area (Å²) in [6, 6.07) is 13.7. The third-order valence-electron chi connectivity index (χ3n) is 5.84. The Labute approximate surface area is 171 Å². The Hall–Kier alpha value is -2.67. The lowest BCUT2D eigenvalue weighted by Gasteiger charge is -2.19. The van der Waals surface area contributed by atoms with Crippen molar-refractivity contribution in [1.29, 1.82) is 0 Å². The van der Waals surface area contributed by atoms with Gasteiger partial charge >= 0.3 is 0 Å². The standard InChI is InChI=1S/C22H24N2O4S/c1-15-11-12-16(13-20(15)29(27,28)23-17-7-3-2-4-8-17)14-24-21(25)18-9-5-6-10-19(18)22(24)26/h2-4,7-8,11-13,18-19,23H,5-6,9-10,14H2,1H3. The zero-order chi connectivity index (χ0) is 20.6. The van der Waals surface area contributed by atoms with Gasteiger partial charge in [0.25, 0.3) is 10.0 Å². The predicted molar refractivity (Wildman–Crippen MR) is 109 cm³/mol.